The fourth-order valence-corrected chi connectivity index (χ4v) is 2.43. The van der Waals surface area contributed by atoms with E-state index in [-0.39, 0.29) is 11.3 Å². The van der Waals surface area contributed by atoms with Gasteiger partial charge in [0.1, 0.15) is 6.07 Å². The minimum atomic E-state index is -0.785. The molecule has 1 fully saturated rings. The highest BCUT2D eigenvalue weighted by Crippen LogP contribution is 2.30. The third-order valence-corrected chi connectivity index (χ3v) is 3.33. The smallest absolute Gasteiger partial charge is 0.270 e. The van der Waals surface area contributed by atoms with Gasteiger partial charge in [-0.25, -0.2) is 0 Å². The molecule has 0 saturated carbocycles. The van der Waals surface area contributed by atoms with Crippen LogP contribution in [0.5, 0.6) is 0 Å². The first-order chi connectivity index (χ1) is 8.93. The normalized spacial score (nSPS) is 22.9. The maximum absolute atomic E-state index is 10.7. The van der Waals surface area contributed by atoms with E-state index in [1.165, 1.54) is 12.1 Å². The number of nitriles is 1. The van der Waals surface area contributed by atoms with Gasteiger partial charge < -0.3 is 10.0 Å². The van der Waals surface area contributed by atoms with Crippen molar-refractivity contribution in [2.75, 3.05) is 18.0 Å². The number of hydrogen-bond acceptors (Lipinski definition) is 5. The van der Waals surface area contributed by atoms with Gasteiger partial charge >= 0.3 is 0 Å². The first-order valence-electron chi connectivity index (χ1n) is 6.09. The summed E-state index contributed by atoms with van der Waals surface area (Å²) in [6.45, 7) is 2.93. The van der Waals surface area contributed by atoms with Crippen molar-refractivity contribution < 1.29 is 10.0 Å². The molecule has 1 atom stereocenters. The molecule has 0 bridgehead atoms. The van der Waals surface area contributed by atoms with E-state index < -0.39 is 10.5 Å². The molecule has 100 valence electrons. The van der Waals surface area contributed by atoms with E-state index in [0.29, 0.717) is 12.2 Å². The molecular formula is C13H15N3O3. The van der Waals surface area contributed by atoms with Crippen molar-refractivity contribution in [2.24, 2.45) is 0 Å². The van der Waals surface area contributed by atoms with Gasteiger partial charge in [0.05, 0.1) is 21.8 Å². The molecule has 1 aromatic carbocycles. The van der Waals surface area contributed by atoms with E-state index >= 15 is 0 Å². The van der Waals surface area contributed by atoms with Gasteiger partial charge in [0, 0.05) is 25.2 Å². The van der Waals surface area contributed by atoms with Crippen LogP contribution >= 0.6 is 0 Å². The predicted octanol–water partition coefficient (Wildman–Crippen LogP) is 1.82. The number of non-ortho nitro benzene ring substituents is 1. The zero-order valence-electron chi connectivity index (χ0n) is 10.7. The Bertz CT molecular complexity index is 549. The summed E-state index contributed by atoms with van der Waals surface area (Å²) in [5.41, 5.74) is 0.0382. The molecule has 0 aromatic heterocycles. The molecule has 19 heavy (non-hydrogen) atoms. The summed E-state index contributed by atoms with van der Waals surface area (Å²) in [5, 5.41) is 29.9. The van der Waals surface area contributed by atoms with Crippen molar-refractivity contribution in [2.45, 2.75) is 25.4 Å². The Morgan fingerprint density at radius 3 is 2.89 bits per heavy atom. The zero-order chi connectivity index (χ0) is 14.0. The third kappa shape index (κ3) is 2.83. The Morgan fingerprint density at radius 2 is 2.32 bits per heavy atom. The molecule has 6 heteroatoms. The van der Waals surface area contributed by atoms with E-state index in [1.807, 2.05) is 11.0 Å². The molecule has 1 N–H and O–H groups in total. The third-order valence-electron chi connectivity index (χ3n) is 3.33. The van der Waals surface area contributed by atoms with Gasteiger partial charge in [0.2, 0.25) is 0 Å². The van der Waals surface area contributed by atoms with E-state index in [0.717, 1.165) is 19.4 Å². The standard InChI is InChI=1S/C13H15N3O3/c1-13(17)5-2-6-15(9-13)12-4-3-11(16(18)19)7-10(12)8-14/h3-4,7,17H,2,5-6,9H2,1H3. The molecule has 1 heterocycles. The minimum Gasteiger partial charge on any atom is -0.388 e. The minimum absolute atomic E-state index is 0.0935. The quantitative estimate of drug-likeness (QED) is 0.647. The van der Waals surface area contributed by atoms with Crippen LogP contribution in [0.25, 0.3) is 0 Å². The molecule has 0 spiro atoms. The van der Waals surface area contributed by atoms with Crippen LogP contribution in [0.4, 0.5) is 11.4 Å². The molecule has 0 radical (unpaired) electrons. The SMILES string of the molecule is CC1(O)CCCN(c2ccc([N+](=O)[O-])cc2C#N)C1. The van der Waals surface area contributed by atoms with Gasteiger partial charge in [-0.05, 0) is 25.8 Å². The molecule has 2 rings (SSSR count). The number of benzene rings is 1. The average molecular weight is 261 g/mol. The van der Waals surface area contributed by atoms with Gasteiger partial charge in [-0.2, -0.15) is 5.26 Å². The molecule has 1 aromatic rings. The molecular weight excluding hydrogens is 246 g/mol. The van der Waals surface area contributed by atoms with Crippen LogP contribution in [0.2, 0.25) is 0 Å². The van der Waals surface area contributed by atoms with Crippen LogP contribution in [0.15, 0.2) is 18.2 Å². The van der Waals surface area contributed by atoms with E-state index in [1.54, 1.807) is 13.0 Å². The number of β-amino-alcohol motifs (C(OH)–C–C–N with tert-alkyl or cyclic N) is 1. The molecule has 1 aliphatic rings. The molecule has 6 nitrogen and oxygen atoms in total. The Kier molecular flexibility index (Phi) is 3.40. The number of nitro groups is 1. The summed E-state index contributed by atoms with van der Waals surface area (Å²) in [4.78, 5) is 12.1. The lowest BCUT2D eigenvalue weighted by Gasteiger charge is -2.38. The van der Waals surface area contributed by atoms with Crippen molar-refractivity contribution >= 4 is 11.4 Å². The Labute approximate surface area is 111 Å². The van der Waals surface area contributed by atoms with Gasteiger partial charge in [-0.15, -0.1) is 0 Å². The summed E-state index contributed by atoms with van der Waals surface area (Å²) < 4.78 is 0. The lowest BCUT2D eigenvalue weighted by atomic mass is 9.94. The number of rotatable bonds is 2. The summed E-state index contributed by atoms with van der Waals surface area (Å²) in [6, 6.07) is 6.23. The average Bonchev–Trinajstić information content (AvgIpc) is 2.36. The van der Waals surface area contributed by atoms with Crippen LogP contribution in [0.1, 0.15) is 25.3 Å². The molecule has 0 amide bonds. The van der Waals surface area contributed by atoms with Crippen molar-refractivity contribution in [3.8, 4) is 6.07 Å². The first kappa shape index (κ1) is 13.3. The molecule has 1 saturated heterocycles. The van der Waals surface area contributed by atoms with Crippen LogP contribution < -0.4 is 4.90 Å². The lowest BCUT2D eigenvalue weighted by Crippen LogP contribution is -2.46. The molecule has 1 aliphatic heterocycles. The number of nitro benzene ring substituents is 1. The monoisotopic (exact) mass is 261 g/mol. The van der Waals surface area contributed by atoms with Crippen molar-refractivity contribution in [3.05, 3.63) is 33.9 Å². The summed E-state index contributed by atoms with van der Waals surface area (Å²) in [6.07, 6.45) is 1.55. The van der Waals surface area contributed by atoms with Crippen LogP contribution in [-0.2, 0) is 0 Å². The van der Waals surface area contributed by atoms with Crippen molar-refractivity contribution in [1.82, 2.24) is 0 Å². The number of aliphatic hydroxyl groups is 1. The highest BCUT2D eigenvalue weighted by Gasteiger charge is 2.29. The highest BCUT2D eigenvalue weighted by atomic mass is 16.6. The fraction of sp³-hybridized carbons (Fsp3) is 0.462. The highest BCUT2D eigenvalue weighted by molar-refractivity contribution is 5.63. The molecule has 1 unspecified atom stereocenters. The topological polar surface area (TPSA) is 90.4 Å². The second-order valence-corrected chi connectivity index (χ2v) is 5.09. The van der Waals surface area contributed by atoms with Gasteiger partial charge in [-0.3, -0.25) is 10.1 Å². The Balaban J connectivity index is 2.35. The maximum atomic E-state index is 10.7. The second kappa shape index (κ2) is 4.86. The molecule has 0 aliphatic carbocycles. The summed E-state index contributed by atoms with van der Waals surface area (Å²) >= 11 is 0. The number of anilines is 1. The van der Waals surface area contributed by atoms with Gasteiger partial charge in [0.25, 0.3) is 5.69 Å². The zero-order valence-corrected chi connectivity index (χ0v) is 10.7. The summed E-state index contributed by atoms with van der Waals surface area (Å²) in [7, 11) is 0. The lowest BCUT2D eigenvalue weighted by molar-refractivity contribution is -0.384. The maximum Gasteiger partial charge on any atom is 0.270 e. The largest absolute Gasteiger partial charge is 0.388 e. The second-order valence-electron chi connectivity index (χ2n) is 5.09. The van der Waals surface area contributed by atoms with Crippen LogP contribution in [0.3, 0.4) is 0 Å². The summed E-state index contributed by atoms with van der Waals surface area (Å²) in [5.74, 6) is 0. The first-order valence-corrected chi connectivity index (χ1v) is 6.09. The van der Waals surface area contributed by atoms with Crippen molar-refractivity contribution in [3.63, 3.8) is 0 Å². The number of nitrogens with zero attached hydrogens (tertiary/aromatic N) is 3. The van der Waals surface area contributed by atoms with E-state index in [4.69, 9.17) is 5.26 Å². The predicted molar refractivity (Wildman–Crippen MR) is 69.9 cm³/mol. The van der Waals surface area contributed by atoms with Crippen molar-refractivity contribution in [1.29, 1.82) is 5.26 Å². The van der Waals surface area contributed by atoms with Crippen LogP contribution in [-0.4, -0.2) is 28.7 Å². The van der Waals surface area contributed by atoms with Gasteiger partial charge in [-0.1, -0.05) is 0 Å². The van der Waals surface area contributed by atoms with Crippen LogP contribution in [0, 0.1) is 21.4 Å². The van der Waals surface area contributed by atoms with E-state index in [2.05, 4.69) is 0 Å². The number of piperidine rings is 1. The van der Waals surface area contributed by atoms with Gasteiger partial charge in [0.15, 0.2) is 0 Å². The Morgan fingerprint density at radius 1 is 1.58 bits per heavy atom. The fourth-order valence-electron chi connectivity index (χ4n) is 2.43. The van der Waals surface area contributed by atoms with E-state index in [9.17, 15) is 15.2 Å². The number of hydrogen-bond donors (Lipinski definition) is 1. The Hall–Kier alpha value is -2.13.